The van der Waals surface area contributed by atoms with E-state index >= 15 is 0 Å². The summed E-state index contributed by atoms with van der Waals surface area (Å²) in [4.78, 5) is 4.32. The first-order valence-electron chi connectivity index (χ1n) is 9.13. The predicted molar refractivity (Wildman–Crippen MR) is 109 cm³/mol. The van der Waals surface area contributed by atoms with Crippen LogP contribution < -0.4 is 14.5 Å². The third kappa shape index (κ3) is 3.08. The number of anilines is 2. The maximum absolute atomic E-state index is 9.45. The molecule has 2 aliphatic rings. The molecule has 0 bridgehead atoms. The Kier molecular flexibility index (Phi) is 4.51. The molecule has 1 aliphatic heterocycles. The van der Waals surface area contributed by atoms with Crippen LogP contribution >= 0.6 is 0 Å². The van der Waals surface area contributed by atoms with Crippen molar-refractivity contribution in [1.29, 1.82) is 10.5 Å². The number of hydrogen-bond donors (Lipinski definition) is 0. The lowest BCUT2D eigenvalue weighted by Gasteiger charge is -2.42. The summed E-state index contributed by atoms with van der Waals surface area (Å²) >= 11 is 0. The average molecular weight is 368 g/mol. The van der Waals surface area contributed by atoms with Crippen LogP contribution in [0.3, 0.4) is 0 Å². The molecule has 4 rings (SSSR count). The zero-order valence-electron chi connectivity index (χ0n) is 15.8. The summed E-state index contributed by atoms with van der Waals surface area (Å²) in [6, 6.07) is 16.1. The Bertz CT molecular complexity index is 1040. The van der Waals surface area contributed by atoms with Crippen molar-refractivity contribution < 1.29 is 4.74 Å². The molecule has 0 N–H and O–H groups in total. The molecule has 0 aromatic heterocycles. The van der Waals surface area contributed by atoms with E-state index in [1.54, 1.807) is 12.1 Å². The van der Waals surface area contributed by atoms with Crippen LogP contribution in [0.2, 0.25) is 0 Å². The van der Waals surface area contributed by atoms with Crippen LogP contribution in [-0.4, -0.2) is 26.2 Å². The lowest BCUT2D eigenvalue weighted by molar-refractivity contribution is 0.210. The van der Waals surface area contributed by atoms with Gasteiger partial charge in [0.05, 0.1) is 22.9 Å². The molecular weight excluding hydrogens is 348 g/mol. The summed E-state index contributed by atoms with van der Waals surface area (Å²) in [6.07, 6.45) is 8.02. The Morgan fingerprint density at radius 3 is 2.36 bits per heavy atom. The number of nitrogens with zero attached hydrogens (tertiary/aromatic N) is 4. The Balaban J connectivity index is 1.76. The van der Waals surface area contributed by atoms with Crippen LogP contribution in [0.5, 0.6) is 5.75 Å². The average Bonchev–Trinajstić information content (AvgIpc) is 2.73. The summed E-state index contributed by atoms with van der Waals surface area (Å²) in [5.41, 5.74) is 3.86. The number of benzene rings is 2. The quantitative estimate of drug-likeness (QED) is 0.825. The Hall–Kier alpha value is -3.70. The van der Waals surface area contributed by atoms with Crippen molar-refractivity contribution in [2.24, 2.45) is 0 Å². The fourth-order valence-corrected chi connectivity index (χ4v) is 3.63. The van der Waals surface area contributed by atoms with Crippen molar-refractivity contribution in [2.45, 2.75) is 18.7 Å². The van der Waals surface area contributed by atoms with Crippen molar-refractivity contribution >= 4 is 11.4 Å². The fourth-order valence-electron chi connectivity index (χ4n) is 3.63. The van der Waals surface area contributed by atoms with Gasteiger partial charge in [-0.15, -0.1) is 0 Å². The Labute approximate surface area is 165 Å². The van der Waals surface area contributed by atoms with Crippen LogP contribution in [0.15, 0.2) is 60.7 Å². The van der Waals surface area contributed by atoms with Crippen LogP contribution in [0.25, 0.3) is 0 Å². The van der Waals surface area contributed by atoms with Crippen molar-refractivity contribution in [3.05, 3.63) is 77.4 Å². The van der Waals surface area contributed by atoms with Crippen molar-refractivity contribution in [3.63, 3.8) is 0 Å². The van der Waals surface area contributed by atoms with Crippen LogP contribution in [0, 0.1) is 22.7 Å². The van der Waals surface area contributed by atoms with E-state index in [2.05, 4.69) is 52.3 Å². The number of rotatable bonds is 3. The van der Waals surface area contributed by atoms with Crippen molar-refractivity contribution in [3.8, 4) is 17.9 Å². The molecular formula is C23H20N4O. The molecule has 2 unspecified atom stereocenters. The van der Waals surface area contributed by atoms with Gasteiger partial charge in [0.25, 0.3) is 0 Å². The van der Waals surface area contributed by atoms with Gasteiger partial charge in [-0.2, -0.15) is 10.5 Å². The van der Waals surface area contributed by atoms with Crippen LogP contribution in [0.4, 0.5) is 11.4 Å². The SMILES string of the molecule is CN(C)c1ccc(CN2c3cc(C#N)c(C#N)cc3OC3C=CC=CC32)cc1. The van der Waals surface area contributed by atoms with Crippen molar-refractivity contribution in [1.82, 2.24) is 0 Å². The Morgan fingerprint density at radius 2 is 1.68 bits per heavy atom. The van der Waals surface area contributed by atoms with E-state index in [1.165, 1.54) is 5.56 Å². The molecule has 2 atom stereocenters. The standard InChI is InChI=1S/C23H20N4O/c1-26(2)19-9-7-16(8-10-19)15-27-20-5-3-4-6-22(20)28-23-12-18(14-25)17(13-24)11-21(23)27/h3-12,20,22H,15H2,1-2H3. The van der Waals surface area contributed by atoms with Gasteiger partial charge in [-0.05, 0) is 29.8 Å². The monoisotopic (exact) mass is 368 g/mol. The zero-order chi connectivity index (χ0) is 19.7. The highest BCUT2D eigenvalue weighted by Crippen LogP contribution is 2.40. The Morgan fingerprint density at radius 1 is 1.00 bits per heavy atom. The number of nitriles is 2. The third-order valence-electron chi connectivity index (χ3n) is 5.13. The third-order valence-corrected chi connectivity index (χ3v) is 5.13. The molecule has 2 aromatic rings. The minimum absolute atomic E-state index is 0.0329. The molecule has 1 aliphatic carbocycles. The predicted octanol–water partition coefficient (Wildman–Crippen LogP) is 3.76. The van der Waals surface area contributed by atoms with Crippen LogP contribution in [0.1, 0.15) is 16.7 Å². The van der Waals surface area contributed by atoms with Gasteiger partial charge >= 0.3 is 0 Å². The van der Waals surface area contributed by atoms with E-state index in [-0.39, 0.29) is 12.1 Å². The second kappa shape index (κ2) is 7.13. The molecule has 5 heteroatoms. The minimum atomic E-state index is -0.127. The summed E-state index contributed by atoms with van der Waals surface area (Å²) in [7, 11) is 4.04. The van der Waals surface area contributed by atoms with Crippen molar-refractivity contribution in [2.75, 3.05) is 23.9 Å². The number of hydrogen-bond acceptors (Lipinski definition) is 5. The van der Waals surface area contributed by atoms with E-state index < -0.39 is 0 Å². The van der Waals surface area contributed by atoms with E-state index in [9.17, 15) is 10.5 Å². The van der Waals surface area contributed by atoms with Gasteiger partial charge in [0, 0.05) is 32.4 Å². The summed E-state index contributed by atoms with van der Waals surface area (Å²) in [5, 5.41) is 18.8. The highest BCUT2D eigenvalue weighted by molar-refractivity contribution is 5.69. The lowest BCUT2D eigenvalue weighted by Crippen LogP contribution is -2.48. The molecule has 0 amide bonds. The van der Waals surface area contributed by atoms with E-state index in [4.69, 9.17) is 4.74 Å². The maximum atomic E-state index is 9.45. The maximum Gasteiger partial charge on any atom is 0.145 e. The molecule has 28 heavy (non-hydrogen) atoms. The van der Waals surface area contributed by atoms with E-state index in [0.717, 1.165) is 11.4 Å². The van der Waals surface area contributed by atoms with Crippen LogP contribution in [-0.2, 0) is 6.54 Å². The number of fused-ring (bicyclic) bond motifs is 2. The van der Waals surface area contributed by atoms with E-state index in [1.807, 2.05) is 32.3 Å². The summed E-state index contributed by atoms with van der Waals surface area (Å²) in [5.74, 6) is 0.640. The molecule has 0 saturated heterocycles. The summed E-state index contributed by atoms with van der Waals surface area (Å²) in [6.45, 7) is 0.681. The van der Waals surface area contributed by atoms with Gasteiger partial charge in [0.2, 0.25) is 0 Å². The molecule has 5 nitrogen and oxygen atoms in total. The molecule has 0 radical (unpaired) electrons. The molecule has 138 valence electrons. The number of ether oxygens (including phenoxy) is 1. The van der Waals surface area contributed by atoms with E-state index in [0.29, 0.717) is 23.4 Å². The highest BCUT2D eigenvalue weighted by Gasteiger charge is 2.34. The summed E-state index contributed by atoms with van der Waals surface area (Å²) < 4.78 is 6.15. The van der Waals surface area contributed by atoms with Gasteiger partial charge in [-0.1, -0.05) is 30.4 Å². The zero-order valence-corrected chi connectivity index (χ0v) is 15.8. The second-order valence-corrected chi connectivity index (χ2v) is 7.12. The first-order chi connectivity index (χ1) is 13.6. The van der Waals surface area contributed by atoms with Gasteiger partial charge in [0.15, 0.2) is 0 Å². The number of allylic oxidation sites excluding steroid dienone is 2. The van der Waals surface area contributed by atoms with Gasteiger partial charge < -0.3 is 14.5 Å². The minimum Gasteiger partial charge on any atom is -0.482 e. The topological polar surface area (TPSA) is 63.3 Å². The molecule has 0 saturated carbocycles. The van der Waals surface area contributed by atoms with Gasteiger partial charge in [-0.25, -0.2) is 0 Å². The van der Waals surface area contributed by atoms with Gasteiger partial charge in [0.1, 0.15) is 24.0 Å². The molecule has 1 heterocycles. The lowest BCUT2D eigenvalue weighted by atomic mass is 9.97. The second-order valence-electron chi connectivity index (χ2n) is 7.12. The largest absolute Gasteiger partial charge is 0.482 e. The smallest absolute Gasteiger partial charge is 0.145 e. The first kappa shape index (κ1) is 17.7. The first-order valence-corrected chi connectivity index (χ1v) is 9.13. The highest BCUT2D eigenvalue weighted by atomic mass is 16.5. The molecule has 0 spiro atoms. The van der Waals surface area contributed by atoms with Gasteiger partial charge in [-0.3, -0.25) is 0 Å². The molecule has 0 fully saturated rings. The molecule has 2 aromatic carbocycles. The normalized spacial score (nSPS) is 19.1. The fraction of sp³-hybridized carbons (Fsp3) is 0.217.